The monoisotopic (exact) mass is 284 g/mol. The van der Waals surface area contributed by atoms with Gasteiger partial charge < -0.3 is 10.3 Å². The summed E-state index contributed by atoms with van der Waals surface area (Å²) in [7, 11) is 0. The Morgan fingerprint density at radius 1 is 1.38 bits per heavy atom. The number of rotatable bonds is 2. The van der Waals surface area contributed by atoms with Crippen molar-refractivity contribution < 1.29 is 4.39 Å². The summed E-state index contributed by atoms with van der Waals surface area (Å²) in [6.45, 7) is 0.827. The second-order valence-corrected chi connectivity index (χ2v) is 3.64. The van der Waals surface area contributed by atoms with Crippen LogP contribution in [-0.2, 0) is 6.54 Å². The maximum atomic E-state index is 13.4. The Morgan fingerprint density at radius 2 is 2.06 bits per heavy atom. The van der Waals surface area contributed by atoms with Crippen molar-refractivity contribution >= 4 is 46.6 Å². The Hall–Kier alpha value is -0.620. The smallest absolute Gasteiger partial charge is 0.224 e. The molecule has 2 N–H and O–H groups in total. The quantitative estimate of drug-likeness (QED) is 0.680. The van der Waals surface area contributed by atoms with E-state index >= 15 is 0 Å². The second-order valence-electron chi connectivity index (χ2n) is 2.94. The molecule has 0 saturated heterocycles. The van der Waals surface area contributed by atoms with Gasteiger partial charge >= 0.3 is 0 Å². The average molecular weight is 286 g/mol. The van der Waals surface area contributed by atoms with Gasteiger partial charge in [-0.15, -0.1) is 12.4 Å². The third-order valence-corrected chi connectivity index (χ3v) is 2.40. The topological polar surface area (TPSA) is 56.7 Å². The molecule has 0 spiro atoms. The summed E-state index contributed by atoms with van der Waals surface area (Å²) in [5.74, 6) is -0.482. The van der Waals surface area contributed by atoms with E-state index in [4.69, 9.17) is 28.9 Å². The fourth-order valence-corrected chi connectivity index (χ4v) is 1.89. The van der Waals surface area contributed by atoms with E-state index in [2.05, 4.69) is 9.97 Å². The van der Waals surface area contributed by atoms with Gasteiger partial charge in [0.1, 0.15) is 11.0 Å². The van der Waals surface area contributed by atoms with Gasteiger partial charge in [-0.25, -0.2) is 14.4 Å². The molecular weight excluding hydrogens is 277 g/mol. The van der Waals surface area contributed by atoms with Crippen molar-refractivity contribution in [3.8, 4) is 0 Å². The largest absolute Gasteiger partial charge is 0.339 e. The van der Waals surface area contributed by atoms with Gasteiger partial charge in [0.25, 0.3) is 0 Å². The molecule has 0 aliphatic heterocycles. The minimum Gasteiger partial charge on any atom is -0.339 e. The highest BCUT2D eigenvalue weighted by atomic mass is 35.5. The van der Waals surface area contributed by atoms with E-state index in [1.165, 1.54) is 6.20 Å². The van der Waals surface area contributed by atoms with Crippen molar-refractivity contribution in [3.63, 3.8) is 0 Å². The van der Waals surface area contributed by atoms with Crippen molar-refractivity contribution in [1.82, 2.24) is 14.5 Å². The molecule has 2 aromatic heterocycles. The first kappa shape index (κ1) is 13.4. The zero-order valence-corrected chi connectivity index (χ0v) is 10.3. The summed E-state index contributed by atoms with van der Waals surface area (Å²) >= 11 is 11.4. The minimum absolute atomic E-state index is 0. The molecule has 4 nitrogen and oxygen atoms in total. The third kappa shape index (κ3) is 2.22. The van der Waals surface area contributed by atoms with Gasteiger partial charge in [0, 0.05) is 19.3 Å². The van der Waals surface area contributed by atoms with Crippen LogP contribution in [0.15, 0.2) is 6.20 Å². The van der Waals surface area contributed by atoms with Crippen LogP contribution < -0.4 is 5.73 Å². The Bertz CT molecular complexity index is 513. The third-order valence-electron chi connectivity index (χ3n) is 1.97. The van der Waals surface area contributed by atoms with E-state index in [0.29, 0.717) is 18.6 Å². The maximum absolute atomic E-state index is 13.4. The normalized spacial score (nSPS) is 10.5. The molecule has 0 unspecified atom stereocenters. The number of hydrogen-bond donors (Lipinski definition) is 1. The van der Waals surface area contributed by atoms with Gasteiger partial charge in [0.15, 0.2) is 11.0 Å². The van der Waals surface area contributed by atoms with Crippen LogP contribution in [0.4, 0.5) is 4.39 Å². The minimum atomic E-state index is -0.482. The Labute approximate surface area is 107 Å². The molecule has 0 aliphatic rings. The Kier molecular flexibility index (Phi) is 4.32. The molecule has 0 saturated carbocycles. The highest BCUT2D eigenvalue weighted by molar-refractivity contribution is 6.35. The Balaban J connectivity index is 0.00000128. The lowest BCUT2D eigenvalue weighted by atomic mass is 10.4. The standard InChI is InChI=1S/C8H7Cl2FN4.ClH/c9-7-6-5(13-8(10)14-7)4(11)3-15(6)2-1-12;/h3H,1-2,12H2;1H. The number of aromatic nitrogens is 3. The van der Waals surface area contributed by atoms with E-state index in [1.807, 2.05) is 0 Å². The second kappa shape index (κ2) is 5.14. The first-order valence-electron chi connectivity index (χ1n) is 4.21. The molecular formula is C8H8Cl3FN4. The van der Waals surface area contributed by atoms with Gasteiger partial charge in [-0.1, -0.05) is 11.6 Å². The average Bonchev–Trinajstić information content (AvgIpc) is 2.44. The van der Waals surface area contributed by atoms with Crippen LogP contribution in [0.5, 0.6) is 0 Å². The number of nitrogens with two attached hydrogens (primary N) is 1. The lowest BCUT2D eigenvalue weighted by Gasteiger charge is -2.02. The number of nitrogens with zero attached hydrogens (tertiary/aromatic N) is 3. The van der Waals surface area contributed by atoms with Crippen molar-refractivity contribution in [2.24, 2.45) is 5.73 Å². The zero-order chi connectivity index (χ0) is 11.0. The first-order valence-corrected chi connectivity index (χ1v) is 4.96. The van der Waals surface area contributed by atoms with Gasteiger partial charge in [0.05, 0.1) is 0 Å². The van der Waals surface area contributed by atoms with E-state index < -0.39 is 5.82 Å². The molecule has 16 heavy (non-hydrogen) atoms. The van der Waals surface area contributed by atoms with Crippen LogP contribution in [0.3, 0.4) is 0 Å². The summed E-state index contributed by atoms with van der Waals surface area (Å²) < 4.78 is 15.0. The van der Waals surface area contributed by atoms with E-state index in [1.54, 1.807) is 4.57 Å². The first-order chi connectivity index (χ1) is 7.13. The van der Waals surface area contributed by atoms with E-state index in [0.717, 1.165) is 0 Å². The van der Waals surface area contributed by atoms with Crippen LogP contribution in [0.2, 0.25) is 10.4 Å². The number of hydrogen-bond acceptors (Lipinski definition) is 3. The van der Waals surface area contributed by atoms with Crippen molar-refractivity contribution in [3.05, 3.63) is 22.5 Å². The fraction of sp³-hybridized carbons (Fsp3) is 0.250. The fourth-order valence-electron chi connectivity index (χ4n) is 1.40. The summed E-state index contributed by atoms with van der Waals surface area (Å²) in [4.78, 5) is 7.52. The molecule has 8 heteroatoms. The summed E-state index contributed by atoms with van der Waals surface area (Å²) in [6, 6.07) is 0. The maximum Gasteiger partial charge on any atom is 0.224 e. The van der Waals surface area contributed by atoms with Crippen molar-refractivity contribution in [2.75, 3.05) is 6.54 Å². The molecule has 0 bridgehead atoms. The predicted molar refractivity (Wildman–Crippen MR) is 63.8 cm³/mol. The highest BCUT2D eigenvalue weighted by Gasteiger charge is 2.14. The number of fused-ring (bicyclic) bond motifs is 1. The van der Waals surface area contributed by atoms with E-state index in [-0.39, 0.29) is 28.4 Å². The van der Waals surface area contributed by atoms with E-state index in [9.17, 15) is 4.39 Å². The predicted octanol–water partition coefficient (Wildman–Crippen LogP) is 2.26. The van der Waals surface area contributed by atoms with Gasteiger partial charge in [0.2, 0.25) is 5.28 Å². The molecule has 0 aliphatic carbocycles. The lowest BCUT2D eigenvalue weighted by Crippen LogP contribution is -2.09. The summed E-state index contributed by atoms with van der Waals surface area (Å²) in [6.07, 6.45) is 1.29. The van der Waals surface area contributed by atoms with Crippen LogP contribution in [0, 0.1) is 5.82 Å². The molecule has 0 radical (unpaired) electrons. The molecule has 2 heterocycles. The molecule has 0 aromatic carbocycles. The van der Waals surface area contributed by atoms with Crippen LogP contribution in [0.1, 0.15) is 0 Å². The molecule has 0 amide bonds. The summed E-state index contributed by atoms with van der Waals surface area (Å²) in [5, 5.41) is 0.0549. The van der Waals surface area contributed by atoms with Crippen molar-refractivity contribution in [1.29, 1.82) is 0 Å². The van der Waals surface area contributed by atoms with Crippen LogP contribution in [0.25, 0.3) is 11.0 Å². The van der Waals surface area contributed by atoms with Crippen LogP contribution in [-0.4, -0.2) is 21.1 Å². The van der Waals surface area contributed by atoms with Crippen LogP contribution >= 0.6 is 35.6 Å². The molecule has 2 aromatic rings. The lowest BCUT2D eigenvalue weighted by molar-refractivity contribution is 0.621. The molecule has 2 rings (SSSR count). The van der Waals surface area contributed by atoms with Gasteiger partial charge in [-0.05, 0) is 11.6 Å². The number of halogens is 4. The molecule has 0 fully saturated rings. The molecule has 88 valence electrons. The van der Waals surface area contributed by atoms with Gasteiger partial charge in [-0.3, -0.25) is 0 Å². The highest BCUT2D eigenvalue weighted by Crippen LogP contribution is 2.25. The van der Waals surface area contributed by atoms with Crippen molar-refractivity contribution in [2.45, 2.75) is 6.54 Å². The molecule has 0 atom stereocenters. The zero-order valence-electron chi connectivity index (χ0n) is 7.95. The van der Waals surface area contributed by atoms with Gasteiger partial charge in [-0.2, -0.15) is 0 Å². The SMILES string of the molecule is Cl.NCCn1cc(F)c2nc(Cl)nc(Cl)c21. The Morgan fingerprint density at radius 3 is 2.69 bits per heavy atom. The summed E-state index contributed by atoms with van der Waals surface area (Å²) in [5.41, 5.74) is 5.93.